The minimum absolute atomic E-state index is 0.0292. The summed E-state index contributed by atoms with van der Waals surface area (Å²) in [7, 11) is 1.91. The Morgan fingerprint density at radius 1 is 1.50 bits per heavy atom. The van der Waals surface area contributed by atoms with E-state index in [4.69, 9.17) is 4.42 Å². The normalized spacial score (nSPS) is 14.7. The van der Waals surface area contributed by atoms with Gasteiger partial charge in [0.2, 0.25) is 5.91 Å². The van der Waals surface area contributed by atoms with Crippen molar-refractivity contribution in [3.05, 3.63) is 47.2 Å². The highest BCUT2D eigenvalue weighted by molar-refractivity contribution is 5.92. The van der Waals surface area contributed by atoms with Crippen molar-refractivity contribution in [2.75, 3.05) is 0 Å². The highest BCUT2D eigenvalue weighted by Gasteiger charge is 2.32. The van der Waals surface area contributed by atoms with Crippen molar-refractivity contribution >= 4 is 12.0 Å². The Morgan fingerprint density at radius 3 is 2.82 bits per heavy atom. The van der Waals surface area contributed by atoms with E-state index < -0.39 is 0 Å². The van der Waals surface area contributed by atoms with E-state index >= 15 is 0 Å². The molecule has 2 aromatic rings. The molecule has 0 N–H and O–H groups in total. The fourth-order valence-corrected chi connectivity index (χ4v) is 2.63. The van der Waals surface area contributed by atoms with Crippen LogP contribution in [0.1, 0.15) is 35.6 Å². The minimum atomic E-state index is 0.0292. The molecule has 0 aromatic carbocycles. The lowest BCUT2D eigenvalue weighted by molar-refractivity contribution is -0.127. The van der Waals surface area contributed by atoms with Crippen LogP contribution >= 0.6 is 0 Å². The number of hydrogen-bond acceptors (Lipinski definition) is 3. The first kappa shape index (κ1) is 14.6. The average molecular weight is 299 g/mol. The van der Waals surface area contributed by atoms with Crippen molar-refractivity contribution in [1.29, 1.82) is 0 Å². The Morgan fingerprint density at radius 2 is 2.27 bits per heavy atom. The molecule has 0 spiro atoms. The summed E-state index contributed by atoms with van der Waals surface area (Å²) >= 11 is 0. The van der Waals surface area contributed by atoms with Gasteiger partial charge in [0.15, 0.2) is 0 Å². The van der Waals surface area contributed by atoms with Crippen LogP contribution in [-0.4, -0.2) is 26.6 Å². The minimum Gasteiger partial charge on any atom is -0.467 e. The summed E-state index contributed by atoms with van der Waals surface area (Å²) in [4.78, 5) is 14.4. The second-order valence-electron chi connectivity index (χ2n) is 5.82. The number of hydrogen-bond donors (Lipinski definition) is 0. The van der Waals surface area contributed by atoms with E-state index in [2.05, 4.69) is 5.10 Å². The molecule has 2 aromatic heterocycles. The molecule has 0 saturated heterocycles. The van der Waals surface area contributed by atoms with Crippen LogP contribution in [0.3, 0.4) is 0 Å². The first-order valence-electron chi connectivity index (χ1n) is 7.57. The lowest BCUT2D eigenvalue weighted by atomic mass is 10.2. The number of furan rings is 1. The number of rotatable bonds is 5. The van der Waals surface area contributed by atoms with Crippen LogP contribution in [-0.2, 0) is 18.4 Å². The number of aryl methyl sites for hydroxylation is 2. The maximum Gasteiger partial charge on any atom is 0.247 e. The molecule has 0 radical (unpaired) electrons. The molecular weight excluding hydrogens is 278 g/mol. The number of amides is 1. The highest BCUT2D eigenvalue weighted by atomic mass is 16.3. The predicted octanol–water partition coefficient (Wildman–Crippen LogP) is 2.83. The maximum absolute atomic E-state index is 12.5. The predicted molar refractivity (Wildman–Crippen MR) is 84.0 cm³/mol. The standard InChI is InChI=1S/C17H21N3O2/c1-12-16(13(2)19(3)18-12)8-9-17(21)20(14-6-7-14)11-15-5-4-10-22-15/h4-5,8-10,14H,6-7,11H2,1-3H3. The van der Waals surface area contributed by atoms with Crippen LogP contribution < -0.4 is 0 Å². The third kappa shape index (κ3) is 2.98. The van der Waals surface area contributed by atoms with Crippen LogP contribution in [0.15, 0.2) is 28.9 Å². The monoisotopic (exact) mass is 299 g/mol. The largest absolute Gasteiger partial charge is 0.467 e. The van der Waals surface area contributed by atoms with Gasteiger partial charge in [0.25, 0.3) is 0 Å². The Balaban J connectivity index is 1.75. The van der Waals surface area contributed by atoms with Gasteiger partial charge in [-0.1, -0.05) is 0 Å². The quantitative estimate of drug-likeness (QED) is 0.798. The molecule has 1 amide bonds. The zero-order valence-corrected chi connectivity index (χ0v) is 13.2. The van der Waals surface area contributed by atoms with Crippen molar-refractivity contribution in [2.24, 2.45) is 7.05 Å². The Bertz CT molecular complexity index is 694. The van der Waals surface area contributed by atoms with Gasteiger partial charge in [0, 0.05) is 30.4 Å². The second kappa shape index (κ2) is 5.83. The molecule has 3 rings (SSSR count). The van der Waals surface area contributed by atoms with Gasteiger partial charge in [-0.05, 0) is 44.9 Å². The third-order valence-electron chi connectivity index (χ3n) is 4.13. The molecule has 2 heterocycles. The van der Waals surface area contributed by atoms with Crippen LogP contribution in [0.25, 0.3) is 6.08 Å². The topological polar surface area (TPSA) is 51.3 Å². The Hall–Kier alpha value is -2.30. The Kier molecular flexibility index (Phi) is 3.88. The van der Waals surface area contributed by atoms with Crippen molar-refractivity contribution in [3.8, 4) is 0 Å². The van der Waals surface area contributed by atoms with Gasteiger partial charge in [0.1, 0.15) is 5.76 Å². The van der Waals surface area contributed by atoms with E-state index in [1.54, 1.807) is 12.3 Å². The fraction of sp³-hybridized carbons (Fsp3) is 0.412. The van der Waals surface area contributed by atoms with Crippen LogP contribution in [0.4, 0.5) is 0 Å². The first-order chi connectivity index (χ1) is 10.6. The summed E-state index contributed by atoms with van der Waals surface area (Å²) in [6, 6.07) is 4.10. The second-order valence-corrected chi connectivity index (χ2v) is 5.82. The molecule has 0 atom stereocenters. The molecule has 1 fully saturated rings. The fourth-order valence-electron chi connectivity index (χ4n) is 2.63. The van der Waals surface area contributed by atoms with Gasteiger partial charge in [-0.15, -0.1) is 0 Å². The summed E-state index contributed by atoms with van der Waals surface area (Å²) in [6.45, 7) is 4.50. The summed E-state index contributed by atoms with van der Waals surface area (Å²) in [6.07, 6.45) is 7.31. The van der Waals surface area contributed by atoms with E-state index in [1.165, 1.54) is 0 Å². The van der Waals surface area contributed by atoms with E-state index in [1.807, 2.05) is 48.7 Å². The molecule has 1 aliphatic rings. The van der Waals surface area contributed by atoms with Gasteiger partial charge in [-0.3, -0.25) is 9.48 Å². The van der Waals surface area contributed by atoms with Gasteiger partial charge in [-0.25, -0.2) is 0 Å². The molecule has 5 heteroatoms. The van der Waals surface area contributed by atoms with E-state index in [0.717, 1.165) is 35.6 Å². The van der Waals surface area contributed by atoms with Crippen LogP contribution in [0, 0.1) is 13.8 Å². The molecule has 0 bridgehead atoms. The van der Waals surface area contributed by atoms with E-state index in [-0.39, 0.29) is 5.91 Å². The van der Waals surface area contributed by atoms with E-state index in [9.17, 15) is 4.79 Å². The maximum atomic E-state index is 12.5. The third-order valence-corrected chi connectivity index (χ3v) is 4.13. The molecule has 1 aliphatic carbocycles. The summed E-state index contributed by atoms with van der Waals surface area (Å²) in [5.41, 5.74) is 3.02. The van der Waals surface area contributed by atoms with Crippen LogP contribution in [0.2, 0.25) is 0 Å². The molecular formula is C17H21N3O2. The zero-order chi connectivity index (χ0) is 15.7. The Labute approximate surface area is 130 Å². The van der Waals surface area contributed by atoms with E-state index in [0.29, 0.717) is 12.6 Å². The number of carbonyl (C=O) groups excluding carboxylic acids is 1. The molecule has 116 valence electrons. The summed E-state index contributed by atoms with van der Waals surface area (Å²) in [5, 5.41) is 4.37. The number of aromatic nitrogens is 2. The highest BCUT2D eigenvalue weighted by Crippen LogP contribution is 2.29. The molecule has 0 aliphatic heterocycles. The smallest absolute Gasteiger partial charge is 0.247 e. The lowest BCUT2D eigenvalue weighted by Crippen LogP contribution is -2.30. The number of nitrogens with zero attached hydrogens (tertiary/aromatic N) is 3. The molecule has 1 saturated carbocycles. The van der Waals surface area contributed by atoms with Crippen molar-refractivity contribution < 1.29 is 9.21 Å². The molecule has 22 heavy (non-hydrogen) atoms. The molecule has 5 nitrogen and oxygen atoms in total. The summed E-state index contributed by atoms with van der Waals surface area (Å²) in [5.74, 6) is 0.851. The zero-order valence-electron chi connectivity index (χ0n) is 13.2. The SMILES string of the molecule is Cc1nn(C)c(C)c1C=CC(=O)N(Cc1ccco1)C1CC1. The van der Waals surface area contributed by atoms with Crippen molar-refractivity contribution in [2.45, 2.75) is 39.3 Å². The van der Waals surface area contributed by atoms with Crippen molar-refractivity contribution in [3.63, 3.8) is 0 Å². The average Bonchev–Trinajstić information content (AvgIpc) is 3.13. The lowest BCUT2D eigenvalue weighted by Gasteiger charge is -2.19. The first-order valence-corrected chi connectivity index (χ1v) is 7.57. The van der Waals surface area contributed by atoms with Gasteiger partial charge in [0.05, 0.1) is 18.5 Å². The van der Waals surface area contributed by atoms with Gasteiger partial charge in [-0.2, -0.15) is 5.10 Å². The summed E-state index contributed by atoms with van der Waals surface area (Å²) < 4.78 is 7.20. The van der Waals surface area contributed by atoms with Gasteiger partial charge >= 0.3 is 0 Å². The number of carbonyl (C=O) groups is 1. The van der Waals surface area contributed by atoms with Gasteiger partial charge < -0.3 is 9.32 Å². The van der Waals surface area contributed by atoms with Crippen molar-refractivity contribution in [1.82, 2.24) is 14.7 Å². The molecule has 0 unspecified atom stereocenters. The van der Waals surface area contributed by atoms with Crippen LogP contribution in [0.5, 0.6) is 0 Å².